The van der Waals surface area contributed by atoms with Gasteiger partial charge in [0.2, 0.25) is 5.91 Å². The van der Waals surface area contributed by atoms with Crippen molar-refractivity contribution in [3.05, 3.63) is 35.4 Å². The van der Waals surface area contributed by atoms with Crippen LogP contribution in [-0.4, -0.2) is 35.0 Å². The summed E-state index contributed by atoms with van der Waals surface area (Å²) in [7, 11) is 0. The molecule has 0 heterocycles. The van der Waals surface area contributed by atoms with Crippen molar-refractivity contribution in [2.45, 2.75) is 58.4 Å². The van der Waals surface area contributed by atoms with Crippen LogP contribution in [0.15, 0.2) is 24.3 Å². The number of carbonyl (C=O) groups is 3. The minimum absolute atomic E-state index is 0.0103. The molecule has 0 spiro atoms. The molecule has 0 atom stereocenters. The van der Waals surface area contributed by atoms with E-state index < -0.39 is 11.5 Å². The molecule has 0 aliphatic carbocycles. The fourth-order valence-electron chi connectivity index (χ4n) is 2.29. The Morgan fingerprint density at radius 2 is 1.56 bits per heavy atom. The summed E-state index contributed by atoms with van der Waals surface area (Å²) in [5.74, 6) is -1.58. The third kappa shape index (κ3) is 7.37. The summed E-state index contributed by atoms with van der Waals surface area (Å²) in [6.07, 6.45) is 0.288. The molecular formula is C19H28N2O4. The van der Waals surface area contributed by atoms with Crippen molar-refractivity contribution < 1.29 is 19.5 Å². The van der Waals surface area contributed by atoms with Crippen LogP contribution in [0.25, 0.3) is 0 Å². The number of nitrogens with one attached hydrogen (secondary N) is 2. The Bertz CT molecular complexity index is 628. The quantitative estimate of drug-likeness (QED) is 0.705. The summed E-state index contributed by atoms with van der Waals surface area (Å²) < 4.78 is 0. The smallest absolute Gasteiger partial charge is 0.303 e. The fourth-order valence-corrected chi connectivity index (χ4v) is 2.29. The molecule has 3 N–H and O–H groups in total. The molecule has 0 saturated carbocycles. The lowest BCUT2D eigenvalue weighted by Crippen LogP contribution is -2.47. The molecule has 0 unspecified atom stereocenters. The van der Waals surface area contributed by atoms with Crippen LogP contribution in [0.2, 0.25) is 0 Å². The van der Waals surface area contributed by atoms with E-state index in [0.29, 0.717) is 12.0 Å². The normalized spacial score (nSPS) is 11.7. The van der Waals surface area contributed by atoms with Crippen molar-refractivity contribution in [3.63, 3.8) is 0 Å². The highest BCUT2D eigenvalue weighted by atomic mass is 16.4. The predicted octanol–water partition coefficient (Wildman–Crippen LogP) is 2.47. The van der Waals surface area contributed by atoms with Crippen molar-refractivity contribution in [2.75, 3.05) is 6.54 Å². The molecule has 0 aliphatic rings. The van der Waals surface area contributed by atoms with Gasteiger partial charge in [-0.05, 0) is 43.4 Å². The van der Waals surface area contributed by atoms with Crippen molar-refractivity contribution in [3.8, 4) is 0 Å². The molecule has 0 aromatic heterocycles. The SMILES string of the molecule is CC(C)(CCC(=O)O)NC(=O)CNC(=O)c1ccc(C(C)(C)C)cc1. The maximum Gasteiger partial charge on any atom is 0.303 e. The Kier molecular flexibility index (Phi) is 6.73. The van der Waals surface area contributed by atoms with E-state index >= 15 is 0 Å². The van der Waals surface area contributed by atoms with Crippen LogP contribution in [0.1, 0.15) is 63.4 Å². The topological polar surface area (TPSA) is 95.5 Å². The summed E-state index contributed by atoms with van der Waals surface area (Å²) >= 11 is 0. The molecule has 6 nitrogen and oxygen atoms in total. The largest absolute Gasteiger partial charge is 0.481 e. The first-order valence-electron chi connectivity index (χ1n) is 8.32. The highest BCUT2D eigenvalue weighted by Crippen LogP contribution is 2.22. The van der Waals surface area contributed by atoms with Gasteiger partial charge in [-0.15, -0.1) is 0 Å². The number of carboxylic acid groups (broad SMARTS) is 1. The van der Waals surface area contributed by atoms with Gasteiger partial charge in [-0.1, -0.05) is 32.9 Å². The van der Waals surface area contributed by atoms with Crippen molar-refractivity contribution in [1.82, 2.24) is 10.6 Å². The minimum atomic E-state index is -0.908. The van der Waals surface area contributed by atoms with Crippen LogP contribution in [0.4, 0.5) is 0 Å². The Hall–Kier alpha value is -2.37. The van der Waals surface area contributed by atoms with Crippen LogP contribution in [-0.2, 0) is 15.0 Å². The number of aliphatic carboxylic acids is 1. The van der Waals surface area contributed by atoms with E-state index in [1.54, 1.807) is 26.0 Å². The number of amides is 2. The number of hydrogen-bond acceptors (Lipinski definition) is 3. The van der Waals surface area contributed by atoms with Crippen LogP contribution in [0.5, 0.6) is 0 Å². The molecule has 1 rings (SSSR count). The molecular weight excluding hydrogens is 320 g/mol. The van der Waals surface area contributed by atoms with E-state index in [4.69, 9.17) is 5.11 Å². The molecule has 25 heavy (non-hydrogen) atoms. The Labute approximate surface area is 149 Å². The lowest BCUT2D eigenvalue weighted by molar-refractivity contribution is -0.137. The summed E-state index contributed by atoms with van der Waals surface area (Å²) in [4.78, 5) is 34.7. The Morgan fingerprint density at radius 3 is 2.04 bits per heavy atom. The molecule has 2 amide bonds. The highest BCUT2D eigenvalue weighted by Gasteiger charge is 2.22. The summed E-state index contributed by atoms with van der Waals surface area (Å²) in [6.45, 7) is 9.63. The summed E-state index contributed by atoms with van der Waals surface area (Å²) in [5, 5.41) is 14.0. The molecule has 1 aromatic carbocycles. The predicted molar refractivity (Wildman–Crippen MR) is 96.6 cm³/mol. The first-order valence-corrected chi connectivity index (χ1v) is 8.32. The van der Waals surface area contributed by atoms with E-state index in [9.17, 15) is 14.4 Å². The molecule has 0 aliphatic heterocycles. The number of carbonyl (C=O) groups excluding carboxylic acids is 2. The molecule has 0 fully saturated rings. The van der Waals surface area contributed by atoms with E-state index in [1.165, 1.54) is 0 Å². The van der Waals surface area contributed by atoms with Gasteiger partial charge in [0.25, 0.3) is 5.91 Å². The first-order chi connectivity index (χ1) is 11.4. The average molecular weight is 348 g/mol. The fraction of sp³-hybridized carbons (Fsp3) is 0.526. The maximum atomic E-state index is 12.1. The zero-order valence-corrected chi connectivity index (χ0v) is 15.6. The summed E-state index contributed by atoms with van der Waals surface area (Å²) in [5.41, 5.74) is 0.984. The van der Waals surface area contributed by atoms with Crippen LogP contribution in [0, 0.1) is 0 Å². The molecule has 0 saturated heterocycles. The second-order valence-electron chi connectivity index (χ2n) is 7.84. The zero-order valence-electron chi connectivity index (χ0n) is 15.6. The molecule has 1 aromatic rings. The van der Waals surface area contributed by atoms with E-state index in [2.05, 4.69) is 31.4 Å². The molecule has 0 bridgehead atoms. The molecule has 138 valence electrons. The number of hydrogen-bond donors (Lipinski definition) is 3. The van der Waals surface area contributed by atoms with Gasteiger partial charge in [0, 0.05) is 17.5 Å². The third-order valence-corrected chi connectivity index (χ3v) is 3.86. The Morgan fingerprint density at radius 1 is 1.00 bits per heavy atom. The van der Waals surface area contributed by atoms with E-state index in [-0.39, 0.29) is 30.2 Å². The molecule has 6 heteroatoms. The van der Waals surface area contributed by atoms with Crippen LogP contribution in [0.3, 0.4) is 0 Å². The van der Waals surface area contributed by atoms with Gasteiger partial charge in [-0.2, -0.15) is 0 Å². The van der Waals surface area contributed by atoms with Gasteiger partial charge in [-0.3, -0.25) is 14.4 Å². The van der Waals surface area contributed by atoms with E-state index in [0.717, 1.165) is 5.56 Å². The Balaban J connectivity index is 2.53. The summed E-state index contributed by atoms with van der Waals surface area (Å²) in [6, 6.07) is 7.29. The van der Waals surface area contributed by atoms with Crippen LogP contribution < -0.4 is 10.6 Å². The maximum absolute atomic E-state index is 12.1. The van der Waals surface area contributed by atoms with Crippen LogP contribution >= 0.6 is 0 Å². The van der Waals surface area contributed by atoms with Crippen molar-refractivity contribution >= 4 is 17.8 Å². The van der Waals surface area contributed by atoms with Crippen molar-refractivity contribution in [1.29, 1.82) is 0 Å². The van der Waals surface area contributed by atoms with Gasteiger partial charge >= 0.3 is 5.97 Å². The lowest BCUT2D eigenvalue weighted by atomic mass is 9.87. The lowest BCUT2D eigenvalue weighted by Gasteiger charge is -2.25. The number of carboxylic acids is 1. The van der Waals surface area contributed by atoms with Gasteiger partial charge in [0.05, 0.1) is 6.54 Å². The third-order valence-electron chi connectivity index (χ3n) is 3.86. The van der Waals surface area contributed by atoms with Crippen molar-refractivity contribution in [2.24, 2.45) is 0 Å². The first kappa shape index (κ1) is 20.7. The average Bonchev–Trinajstić information content (AvgIpc) is 2.49. The van der Waals surface area contributed by atoms with Gasteiger partial charge in [0.1, 0.15) is 0 Å². The second kappa shape index (κ2) is 8.14. The molecule has 0 radical (unpaired) electrons. The van der Waals surface area contributed by atoms with E-state index in [1.807, 2.05) is 12.1 Å². The second-order valence-corrected chi connectivity index (χ2v) is 7.84. The zero-order chi connectivity index (χ0) is 19.3. The number of rotatable bonds is 7. The van der Waals surface area contributed by atoms with Gasteiger partial charge in [-0.25, -0.2) is 0 Å². The standard InChI is InChI=1S/C19H28N2O4/c1-18(2,3)14-8-6-13(7-9-14)17(25)20-12-15(22)21-19(4,5)11-10-16(23)24/h6-9H,10-12H2,1-5H3,(H,20,25)(H,21,22)(H,23,24). The highest BCUT2D eigenvalue weighted by molar-refractivity contribution is 5.96. The van der Waals surface area contributed by atoms with Gasteiger partial charge < -0.3 is 15.7 Å². The van der Waals surface area contributed by atoms with Gasteiger partial charge in [0.15, 0.2) is 0 Å². The minimum Gasteiger partial charge on any atom is -0.481 e. The number of benzene rings is 1. The monoisotopic (exact) mass is 348 g/mol.